The molecule has 0 aliphatic heterocycles. The predicted octanol–water partition coefficient (Wildman–Crippen LogP) is -0.00200. The van der Waals surface area contributed by atoms with Crippen molar-refractivity contribution in [2.45, 2.75) is 38.3 Å². The van der Waals surface area contributed by atoms with Crippen LogP contribution in [0.3, 0.4) is 0 Å². The summed E-state index contributed by atoms with van der Waals surface area (Å²) in [7, 11) is 0.739. The van der Waals surface area contributed by atoms with Gasteiger partial charge in [-0.05, 0) is 40.8 Å². The normalized spacial score (nSPS) is 17.7. The molecule has 0 aromatic heterocycles. The molecule has 0 radical (unpaired) electrons. The molecule has 5 nitrogen and oxygen atoms in total. The third kappa shape index (κ3) is 5.81. The summed E-state index contributed by atoms with van der Waals surface area (Å²) in [5, 5.41) is 3.20. The SMILES string of the molecule is CN(C)C(C)(C)CNS(=O)(=O)CCNC1CC1. The molecule has 0 bridgehead atoms. The number of nitrogens with one attached hydrogen (secondary N) is 2. The van der Waals surface area contributed by atoms with Gasteiger partial charge in [0.15, 0.2) is 0 Å². The Hall–Kier alpha value is -0.170. The topological polar surface area (TPSA) is 61.4 Å². The molecule has 0 unspecified atom stereocenters. The lowest BCUT2D eigenvalue weighted by molar-refractivity contribution is 0.199. The first-order valence-electron chi connectivity index (χ1n) is 6.11. The van der Waals surface area contributed by atoms with E-state index in [1.807, 2.05) is 32.8 Å². The van der Waals surface area contributed by atoms with E-state index in [2.05, 4.69) is 10.0 Å². The van der Waals surface area contributed by atoms with Gasteiger partial charge in [-0.1, -0.05) is 0 Å². The molecule has 2 N–H and O–H groups in total. The first kappa shape index (κ1) is 14.9. The highest BCUT2D eigenvalue weighted by Crippen LogP contribution is 2.18. The molecule has 1 aliphatic rings. The van der Waals surface area contributed by atoms with Gasteiger partial charge in [-0.2, -0.15) is 0 Å². The van der Waals surface area contributed by atoms with E-state index >= 15 is 0 Å². The van der Waals surface area contributed by atoms with Gasteiger partial charge >= 0.3 is 0 Å². The van der Waals surface area contributed by atoms with Crippen molar-refractivity contribution >= 4 is 10.0 Å². The summed E-state index contributed by atoms with van der Waals surface area (Å²) >= 11 is 0. The summed E-state index contributed by atoms with van der Waals surface area (Å²) in [5.74, 6) is 0.160. The van der Waals surface area contributed by atoms with Gasteiger partial charge in [-0.25, -0.2) is 13.1 Å². The molecule has 1 fully saturated rings. The van der Waals surface area contributed by atoms with Crippen LogP contribution < -0.4 is 10.0 Å². The molecule has 0 spiro atoms. The van der Waals surface area contributed by atoms with E-state index in [1.165, 1.54) is 12.8 Å². The maximum absolute atomic E-state index is 11.7. The van der Waals surface area contributed by atoms with Gasteiger partial charge in [-0.15, -0.1) is 0 Å². The Morgan fingerprint density at radius 1 is 1.29 bits per heavy atom. The van der Waals surface area contributed by atoms with Gasteiger partial charge in [0, 0.05) is 24.7 Å². The van der Waals surface area contributed by atoms with Crippen molar-refractivity contribution in [3.8, 4) is 0 Å². The average Bonchev–Trinajstić information content (AvgIpc) is 2.99. The Balaban J connectivity index is 2.27. The van der Waals surface area contributed by atoms with Crippen LogP contribution >= 0.6 is 0 Å². The average molecular weight is 263 g/mol. The van der Waals surface area contributed by atoms with Crippen LogP contribution in [0.1, 0.15) is 26.7 Å². The summed E-state index contributed by atoms with van der Waals surface area (Å²) < 4.78 is 26.1. The number of hydrogen-bond acceptors (Lipinski definition) is 4. The predicted molar refractivity (Wildman–Crippen MR) is 70.6 cm³/mol. The van der Waals surface area contributed by atoms with Crippen LogP contribution in [0, 0.1) is 0 Å². The number of likely N-dealkylation sites (N-methyl/N-ethyl adjacent to an activating group) is 1. The van der Waals surface area contributed by atoms with E-state index in [9.17, 15) is 8.42 Å². The Bertz CT molecular complexity index is 335. The number of rotatable bonds is 8. The van der Waals surface area contributed by atoms with Crippen LogP contribution in [-0.4, -0.2) is 57.8 Å². The summed E-state index contributed by atoms with van der Waals surface area (Å²) in [6, 6.07) is 0.559. The first-order chi connectivity index (χ1) is 7.73. The molecule has 102 valence electrons. The molecule has 0 heterocycles. The quantitative estimate of drug-likeness (QED) is 0.647. The van der Waals surface area contributed by atoms with Gasteiger partial charge in [0.1, 0.15) is 0 Å². The van der Waals surface area contributed by atoms with E-state index in [0.29, 0.717) is 19.1 Å². The van der Waals surface area contributed by atoms with Gasteiger partial charge in [0.05, 0.1) is 5.75 Å². The van der Waals surface area contributed by atoms with Crippen molar-refractivity contribution in [2.24, 2.45) is 0 Å². The number of hydrogen-bond donors (Lipinski definition) is 2. The van der Waals surface area contributed by atoms with Gasteiger partial charge < -0.3 is 10.2 Å². The summed E-state index contributed by atoms with van der Waals surface area (Å²) in [6.07, 6.45) is 2.36. The minimum atomic E-state index is -3.16. The highest BCUT2D eigenvalue weighted by Gasteiger charge is 2.24. The van der Waals surface area contributed by atoms with E-state index in [0.717, 1.165) is 0 Å². The Kier molecular flexibility index (Phi) is 4.95. The second kappa shape index (κ2) is 5.65. The van der Waals surface area contributed by atoms with Crippen LogP contribution in [0.2, 0.25) is 0 Å². The van der Waals surface area contributed by atoms with Crippen LogP contribution in [0.5, 0.6) is 0 Å². The lowest BCUT2D eigenvalue weighted by Crippen LogP contribution is -2.49. The van der Waals surface area contributed by atoms with E-state index in [4.69, 9.17) is 0 Å². The molecule has 0 aromatic rings. The lowest BCUT2D eigenvalue weighted by Gasteiger charge is -2.32. The molecule has 0 aromatic carbocycles. The minimum absolute atomic E-state index is 0.160. The summed E-state index contributed by atoms with van der Waals surface area (Å²) in [4.78, 5) is 2.01. The third-order valence-electron chi connectivity index (χ3n) is 3.32. The molecule has 17 heavy (non-hydrogen) atoms. The van der Waals surface area contributed by atoms with E-state index in [1.54, 1.807) is 0 Å². The fraction of sp³-hybridized carbons (Fsp3) is 1.00. The molecule has 1 aliphatic carbocycles. The van der Waals surface area contributed by atoms with Crippen molar-refractivity contribution < 1.29 is 8.42 Å². The van der Waals surface area contributed by atoms with Crippen molar-refractivity contribution in [2.75, 3.05) is 32.9 Å². The molecular formula is C11H25N3O2S. The van der Waals surface area contributed by atoms with Crippen LogP contribution in [0.25, 0.3) is 0 Å². The number of sulfonamides is 1. The zero-order chi connectivity index (χ0) is 13.1. The Labute approximate surface area is 105 Å². The van der Waals surface area contributed by atoms with Crippen molar-refractivity contribution in [3.05, 3.63) is 0 Å². The zero-order valence-electron chi connectivity index (χ0n) is 11.3. The standard InChI is InChI=1S/C11H25N3O2S/c1-11(2,14(3)4)9-13-17(15,16)8-7-12-10-5-6-10/h10,12-13H,5-9H2,1-4H3. The molecule has 0 amide bonds. The maximum Gasteiger partial charge on any atom is 0.212 e. The molecule has 0 saturated heterocycles. The largest absolute Gasteiger partial charge is 0.313 e. The smallest absolute Gasteiger partial charge is 0.212 e. The minimum Gasteiger partial charge on any atom is -0.313 e. The highest BCUT2D eigenvalue weighted by molar-refractivity contribution is 7.89. The molecule has 1 rings (SSSR count). The summed E-state index contributed by atoms with van der Waals surface area (Å²) in [5.41, 5.74) is -0.170. The van der Waals surface area contributed by atoms with Gasteiger partial charge in [-0.3, -0.25) is 0 Å². The second-order valence-corrected chi connectivity index (χ2v) is 7.50. The van der Waals surface area contributed by atoms with Crippen LogP contribution in [-0.2, 0) is 10.0 Å². The van der Waals surface area contributed by atoms with Crippen molar-refractivity contribution in [1.29, 1.82) is 0 Å². The monoisotopic (exact) mass is 263 g/mol. The molecule has 1 saturated carbocycles. The zero-order valence-corrected chi connectivity index (χ0v) is 12.1. The fourth-order valence-corrected chi connectivity index (χ4v) is 2.31. The lowest BCUT2D eigenvalue weighted by atomic mass is 10.1. The van der Waals surface area contributed by atoms with E-state index < -0.39 is 10.0 Å². The fourth-order valence-electron chi connectivity index (χ4n) is 1.20. The molecule has 0 atom stereocenters. The van der Waals surface area contributed by atoms with Crippen LogP contribution in [0.15, 0.2) is 0 Å². The number of nitrogens with zero attached hydrogens (tertiary/aromatic N) is 1. The Morgan fingerprint density at radius 3 is 2.35 bits per heavy atom. The van der Waals surface area contributed by atoms with Crippen molar-refractivity contribution in [1.82, 2.24) is 14.9 Å². The van der Waals surface area contributed by atoms with Gasteiger partial charge in [0.25, 0.3) is 0 Å². The van der Waals surface area contributed by atoms with E-state index in [-0.39, 0.29) is 11.3 Å². The second-order valence-electron chi connectivity index (χ2n) is 5.58. The molecular weight excluding hydrogens is 238 g/mol. The van der Waals surface area contributed by atoms with Crippen molar-refractivity contribution in [3.63, 3.8) is 0 Å². The molecule has 6 heteroatoms. The first-order valence-corrected chi connectivity index (χ1v) is 7.76. The summed E-state index contributed by atoms with van der Waals surface area (Å²) in [6.45, 7) is 5.00. The van der Waals surface area contributed by atoms with Gasteiger partial charge in [0.2, 0.25) is 10.0 Å². The third-order valence-corrected chi connectivity index (χ3v) is 4.64. The Morgan fingerprint density at radius 2 is 1.88 bits per heavy atom. The van der Waals surface area contributed by atoms with Crippen LogP contribution in [0.4, 0.5) is 0 Å². The maximum atomic E-state index is 11.7. The highest BCUT2D eigenvalue weighted by atomic mass is 32.2.